The summed E-state index contributed by atoms with van der Waals surface area (Å²) in [6, 6.07) is 5.68. The third-order valence-corrected chi connectivity index (χ3v) is 5.56. The van der Waals surface area contributed by atoms with Crippen LogP contribution in [0.15, 0.2) is 18.2 Å². The van der Waals surface area contributed by atoms with E-state index in [2.05, 4.69) is 39.8 Å². The SMILES string of the molecule is Cc1ccc(F)cc1[C@H]1C[C@@H]2[C@@H]([C@@H](C)C1)N(C)OC2(C)C. The van der Waals surface area contributed by atoms with E-state index in [0.29, 0.717) is 23.8 Å². The Morgan fingerprint density at radius 3 is 2.71 bits per heavy atom. The fourth-order valence-electron chi connectivity index (χ4n) is 4.64. The fraction of sp³-hybridized carbons (Fsp3) is 0.667. The molecule has 0 spiro atoms. The summed E-state index contributed by atoms with van der Waals surface area (Å²) in [6.45, 7) is 8.76. The highest BCUT2D eigenvalue weighted by molar-refractivity contribution is 5.31. The molecule has 4 atom stereocenters. The van der Waals surface area contributed by atoms with Crippen LogP contribution in [0.25, 0.3) is 0 Å². The number of halogens is 1. The topological polar surface area (TPSA) is 12.5 Å². The predicted octanol–water partition coefficient (Wildman–Crippen LogP) is 4.29. The van der Waals surface area contributed by atoms with Gasteiger partial charge >= 0.3 is 0 Å². The Morgan fingerprint density at radius 1 is 1.29 bits per heavy atom. The highest BCUT2D eigenvalue weighted by Gasteiger charge is 2.52. The molecule has 2 nitrogen and oxygen atoms in total. The highest BCUT2D eigenvalue weighted by atomic mass is 19.1. The largest absolute Gasteiger partial charge is 0.293 e. The first kappa shape index (κ1) is 15.0. The maximum Gasteiger partial charge on any atom is 0.123 e. The zero-order chi connectivity index (χ0) is 15.4. The van der Waals surface area contributed by atoms with Gasteiger partial charge in [-0.3, -0.25) is 4.84 Å². The molecule has 0 radical (unpaired) electrons. The van der Waals surface area contributed by atoms with Crippen molar-refractivity contribution >= 4 is 0 Å². The van der Waals surface area contributed by atoms with Gasteiger partial charge in [0.1, 0.15) is 5.82 Å². The maximum atomic E-state index is 13.6. The van der Waals surface area contributed by atoms with Crippen molar-refractivity contribution in [3.8, 4) is 0 Å². The first-order valence-electron chi connectivity index (χ1n) is 7.97. The summed E-state index contributed by atoms with van der Waals surface area (Å²) in [7, 11) is 2.05. The van der Waals surface area contributed by atoms with Crippen molar-refractivity contribution in [1.29, 1.82) is 0 Å². The first-order valence-corrected chi connectivity index (χ1v) is 7.97. The Hall–Kier alpha value is -0.930. The van der Waals surface area contributed by atoms with Crippen LogP contribution in [-0.4, -0.2) is 23.8 Å². The summed E-state index contributed by atoms with van der Waals surface area (Å²) in [5, 5.41) is 2.06. The average Bonchev–Trinajstić information content (AvgIpc) is 2.62. The van der Waals surface area contributed by atoms with Crippen LogP contribution < -0.4 is 0 Å². The van der Waals surface area contributed by atoms with Gasteiger partial charge in [0, 0.05) is 19.0 Å². The normalized spacial score (nSPS) is 35.7. The summed E-state index contributed by atoms with van der Waals surface area (Å²) in [5.41, 5.74) is 2.26. The van der Waals surface area contributed by atoms with E-state index in [9.17, 15) is 4.39 Å². The Labute approximate surface area is 127 Å². The lowest BCUT2D eigenvalue weighted by molar-refractivity contribution is -0.182. The number of rotatable bonds is 1. The van der Waals surface area contributed by atoms with Gasteiger partial charge in [-0.05, 0) is 68.7 Å². The van der Waals surface area contributed by atoms with Gasteiger partial charge in [-0.25, -0.2) is 4.39 Å². The number of benzene rings is 1. The van der Waals surface area contributed by atoms with Crippen LogP contribution in [0.3, 0.4) is 0 Å². The van der Waals surface area contributed by atoms with Gasteiger partial charge in [-0.15, -0.1) is 0 Å². The number of hydrogen-bond acceptors (Lipinski definition) is 2. The van der Waals surface area contributed by atoms with Crippen molar-refractivity contribution in [1.82, 2.24) is 5.06 Å². The summed E-state index contributed by atoms with van der Waals surface area (Å²) < 4.78 is 13.6. The summed E-state index contributed by atoms with van der Waals surface area (Å²) in [5.74, 6) is 1.37. The summed E-state index contributed by atoms with van der Waals surface area (Å²) in [4.78, 5) is 6.06. The monoisotopic (exact) mass is 291 g/mol. The molecule has 1 aliphatic carbocycles. The molecular weight excluding hydrogens is 265 g/mol. The zero-order valence-electron chi connectivity index (χ0n) is 13.7. The van der Waals surface area contributed by atoms with Crippen LogP contribution in [0.1, 0.15) is 50.7 Å². The average molecular weight is 291 g/mol. The molecule has 21 heavy (non-hydrogen) atoms. The Bertz CT molecular complexity index is 542. The Kier molecular flexibility index (Phi) is 3.61. The molecule has 0 N–H and O–H groups in total. The number of aryl methyl sites for hydroxylation is 1. The van der Waals surface area contributed by atoms with Gasteiger partial charge in [0.2, 0.25) is 0 Å². The molecule has 0 aromatic heterocycles. The molecule has 1 saturated carbocycles. The summed E-state index contributed by atoms with van der Waals surface area (Å²) >= 11 is 0. The Morgan fingerprint density at radius 2 is 2.00 bits per heavy atom. The molecule has 1 heterocycles. The van der Waals surface area contributed by atoms with Crippen molar-refractivity contribution in [2.75, 3.05) is 7.05 Å². The highest BCUT2D eigenvalue weighted by Crippen LogP contribution is 2.50. The van der Waals surface area contributed by atoms with Crippen molar-refractivity contribution < 1.29 is 9.23 Å². The molecule has 3 rings (SSSR count). The van der Waals surface area contributed by atoms with Crippen LogP contribution in [0, 0.1) is 24.6 Å². The number of nitrogens with zero attached hydrogens (tertiary/aromatic N) is 1. The van der Waals surface area contributed by atoms with Crippen LogP contribution in [0.5, 0.6) is 0 Å². The molecule has 1 saturated heterocycles. The minimum atomic E-state index is -0.131. The van der Waals surface area contributed by atoms with Gasteiger partial charge in [-0.1, -0.05) is 13.0 Å². The predicted molar refractivity (Wildman–Crippen MR) is 82.5 cm³/mol. The van der Waals surface area contributed by atoms with E-state index in [-0.39, 0.29) is 11.4 Å². The number of hydroxylamine groups is 2. The molecule has 0 bridgehead atoms. The molecule has 1 aromatic carbocycles. The van der Waals surface area contributed by atoms with Crippen molar-refractivity contribution in [3.63, 3.8) is 0 Å². The Balaban J connectivity index is 1.92. The van der Waals surface area contributed by atoms with Gasteiger partial charge in [-0.2, -0.15) is 5.06 Å². The molecule has 2 aliphatic rings. The lowest BCUT2D eigenvalue weighted by Crippen LogP contribution is -2.42. The van der Waals surface area contributed by atoms with Crippen LogP contribution >= 0.6 is 0 Å². The van der Waals surface area contributed by atoms with Gasteiger partial charge in [0.15, 0.2) is 0 Å². The first-order chi connectivity index (χ1) is 9.79. The third-order valence-electron chi connectivity index (χ3n) is 5.56. The summed E-state index contributed by atoms with van der Waals surface area (Å²) in [6.07, 6.45) is 2.19. The number of fused-ring (bicyclic) bond motifs is 1. The van der Waals surface area contributed by atoms with E-state index < -0.39 is 0 Å². The van der Waals surface area contributed by atoms with Gasteiger partial charge in [0.05, 0.1) is 5.60 Å². The molecule has 3 heteroatoms. The molecule has 1 aromatic rings. The van der Waals surface area contributed by atoms with Crippen LogP contribution in [0.4, 0.5) is 4.39 Å². The van der Waals surface area contributed by atoms with E-state index in [1.54, 1.807) is 12.1 Å². The van der Waals surface area contributed by atoms with Crippen molar-refractivity contribution in [2.24, 2.45) is 11.8 Å². The molecule has 116 valence electrons. The minimum absolute atomic E-state index is 0.121. The fourth-order valence-corrected chi connectivity index (χ4v) is 4.64. The molecule has 0 amide bonds. The zero-order valence-corrected chi connectivity index (χ0v) is 13.7. The van der Waals surface area contributed by atoms with E-state index in [1.165, 1.54) is 11.1 Å². The van der Waals surface area contributed by atoms with Gasteiger partial charge in [0.25, 0.3) is 0 Å². The second kappa shape index (κ2) is 5.06. The van der Waals surface area contributed by atoms with E-state index in [4.69, 9.17) is 4.84 Å². The lowest BCUT2D eigenvalue weighted by atomic mass is 9.65. The van der Waals surface area contributed by atoms with Crippen LogP contribution in [0.2, 0.25) is 0 Å². The molecule has 2 fully saturated rings. The number of hydrogen-bond donors (Lipinski definition) is 0. The molecule has 0 unspecified atom stereocenters. The van der Waals surface area contributed by atoms with Crippen molar-refractivity contribution in [2.45, 2.75) is 58.1 Å². The second-order valence-electron chi connectivity index (χ2n) is 7.48. The van der Waals surface area contributed by atoms with E-state index in [1.807, 2.05) is 6.07 Å². The quantitative estimate of drug-likeness (QED) is 0.765. The molecular formula is C18H26FNO. The smallest absolute Gasteiger partial charge is 0.123 e. The van der Waals surface area contributed by atoms with Crippen molar-refractivity contribution in [3.05, 3.63) is 35.1 Å². The third kappa shape index (κ3) is 2.51. The van der Waals surface area contributed by atoms with E-state index >= 15 is 0 Å². The minimum Gasteiger partial charge on any atom is -0.293 e. The van der Waals surface area contributed by atoms with Crippen LogP contribution in [-0.2, 0) is 4.84 Å². The second-order valence-corrected chi connectivity index (χ2v) is 7.48. The lowest BCUT2D eigenvalue weighted by Gasteiger charge is -2.40. The standard InChI is InChI=1S/C18H26FNO/c1-11-6-7-14(19)10-15(11)13-8-12(2)17-16(9-13)18(3,4)21-20(17)5/h6-7,10,12-13,16-17H,8-9H2,1-5H3/t12-,13+,16+,17+/m0/s1. The van der Waals surface area contributed by atoms with Gasteiger partial charge < -0.3 is 0 Å². The maximum absolute atomic E-state index is 13.6. The van der Waals surface area contributed by atoms with E-state index in [0.717, 1.165) is 12.8 Å². The molecule has 1 aliphatic heterocycles.